The minimum atomic E-state index is -1.58. The molecule has 0 amide bonds. The highest BCUT2D eigenvalue weighted by atomic mass is 28.4. The molecule has 0 aromatic heterocycles. The molecule has 0 radical (unpaired) electrons. The molecular formula is C11H24OSi. The largest absolute Gasteiger partial charge is 0.411 e. The Kier molecular flexibility index (Phi) is 4.40. The molecule has 1 unspecified atom stereocenters. The van der Waals surface area contributed by atoms with Crippen LogP contribution in [-0.2, 0) is 4.43 Å². The third-order valence-corrected chi connectivity index (χ3v) is 7.42. The van der Waals surface area contributed by atoms with Gasteiger partial charge in [0.15, 0.2) is 8.32 Å². The molecule has 0 rings (SSSR count). The van der Waals surface area contributed by atoms with Crippen LogP contribution in [0.2, 0.25) is 18.1 Å². The molecule has 0 aromatic carbocycles. The SMILES string of the molecule is C=CC(CC)O[Si](C)(C)C(C)(C)C. The molecule has 0 heterocycles. The van der Waals surface area contributed by atoms with Crippen LogP contribution in [0.3, 0.4) is 0 Å². The van der Waals surface area contributed by atoms with Gasteiger partial charge in [-0.3, -0.25) is 0 Å². The molecule has 13 heavy (non-hydrogen) atoms. The van der Waals surface area contributed by atoms with Gasteiger partial charge in [0.1, 0.15) is 0 Å². The van der Waals surface area contributed by atoms with Gasteiger partial charge in [-0.05, 0) is 24.6 Å². The Bertz CT molecular complexity index is 167. The van der Waals surface area contributed by atoms with E-state index in [0.717, 1.165) is 6.42 Å². The summed E-state index contributed by atoms with van der Waals surface area (Å²) in [5.74, 6) is 0. The molecule has 0 saturated heterocycles. The van der Waals surface area contributed by atoms with Gasteiger partial charge in [0.05, 0.1) is 6.10 Å². The molecule has 0 aliphatic heterocycles. The topological polar surface area (TPSA) is 9.23 Å². The van der Waals surface area contributed by atoms with Crippen LogP contribution >= 0.6 is 0 Å². The second-order valence-corrected chi connectivity index (χ2v) is 9.82. The van der Waals surface area contributed by atoms with Crippen LogP contribution in [0.25, 0.3) is 0 Å². The maximum atomic E-state index is 6.12. The normalized spacial score (nSPS) is 15.5. The molecule has 0 aliphatic rings. The molecule has 2 heteroatoms. The Morgan fingerprint density at radius 3 is 2.08 bits per heavy atom. The summed E-state index contributed by atoms with van der Waals surface area (Å²) < 4.78 is 6.12. The summed E-state index contributed by atoms with van der Waals surface area (Å²) in [5, 5.41) is 0.295. The molecule has 1 nitrogen and oxygen atoms in total. The fraction of sp³-hybridized carbons (Fsp3) is 0.818. The smallest absolute Gasteiger partial charge is 0.192 e. The van der Waals surface area contributed by atoms with Gasteiger partial charge in [0.25, 0.3) is 0 Å². The monoisotopic (exact) mass is 200 g/mol. The molecule has 0 bridgehead atoms. The van der Waals surface area contributed by atoms with E-state index in [4.69, 9.17) is 4.43 Å². The molecule has 0 N–H and O–H groups in total. The van der Waals surface area contributed by atoms with Crippen LogP contribution < -0.4 is 0 Å². The first kappa shape index (κ1) is 12.9. The minimum Gasteiger partial charge on any atom is -0.411 e. The second kappa shape index (κ2) is 4.42. The summed E-state index contributed by atoms with van der Waals surface area (Å²) in [6, 6.07) is 0. The van der Waals surface area contributed by atoms with E-state index in [0.29, 0.717) is 5.04 Å². The quantitative estimate of drug-likeness (QED) is 0.493. The number of hydrogen-bond donors (Lipinski definition) is 0. The predicted molar refractivity (Wildman–Crippen MR) is 62.6 cm³/mol. The summed E-state index contributed by atoms with van der Waals surface area (Å²) in [5.41, 5.74) is 0. The molecule has 0 saturated carbocycles. The van der Waals surface area contributed by atoms with Gasteiger partial charge in [-0.25, -0.2) is 0 Å². The molecular weight excluding hydrogens is 176 g/mol. The predicted octanol–water partition coefficient (Wildman–Crippen LogP) is 3.97. The summed E-state index contributed by atoms with van der Waals surface area (Å²) in [4.78, 5) is 0. The summed E-state index contributed by atoms with van der Waals surface area (Å²) >= 11 is 0. The average Bonchev–Trinajstić information content (AvgIpc) is 1.98. The lowest BCUT2D eigenvalue weighted by atomic mass is 10.2. The van der Waals surface area contributed by atoms with E-state index in [2.05, 4.69) is 47.4 Å². The number of hydrogen-bond acceptors (Lipinski definition) is 1. The Labute approximate surface area is 84.3 Å². The van der Waals surface area contributed by atoms with Crippen LogP contribution in [0, 0.1) is 0 Å². The third-order valence-electron chi connectivity index (χ3n) is 2.92. The van der Waals surface area contributed by atoms with E-state index >= 15 is 0 Å². The van der Waals surface area contributed by atoms with Gasteiger partial charge in [-0.2, -0.15) is 0 Å². The zero-order valence-corrected chi connectivity index (χ0v) is 11.0. The Balaban J connectivity index is 4.40. The first-order valence-electron chi connectivity index (χ1n) is 5.05. The van der Waals surface area contributed by atoms with E-state index < -0.39 is 8.32 Å². The third kappa shape index (κ3) is 3.65. The van der Waals surface area contributed by atoms with Crippen molar-refractivity contribution in [1.82, 2.24) is 0 Å². The zero-order chi connectivity index (χ0) is 10.7. The highest BCUT2D eigenvalue weighted by molar-refractivity contribution is 6.74. The van der Waals surface area contributed by atoms with Crippen molar-refractivity contribution in [3.8, 4) is 0 Å². The van der Waals surface area contributed by atoms with E-state index in [9.17, 15) is 0 Å². The zero-order valence-electron chi connectivity index (χ0n) is 9.98. The van der Waals surface area contributed by atoms with E-state index in [1.807, 2.05) is 6.08 Å². The Hall–Kier alpha value is -0.0831. The maximum Gasteiger partial charge on any atom is 0.192 e. The van der Waals surface area contributed by atoms with Gasteiger partial charge in [0, 0.05) is 0 Å². The van der Waals surface area contributed by atoms with E-state index in [-0.39, 0.29) is 6.10 Å². The van der Waals surface area contributed by atoms with Gasteiger partial charge < -0.3 is 4.43 Å². The fourth-order valence-electron chi connectivity index (χ4n) is 0.853. The van der Waals surface area contributed by atoms with E-state index in [1.54, 1.807) is 0 Å². The molecule has 0 aliphatic carbocycles. The highest BCUT2D eigenvalue weighted by Gasteiger charge is 2.38. The van der Waals surface area contributed by atoms with E-state index in [1.165, 1.54) is 0 Å². The molecule has 1 atom stereocenters. The van der Waals surface area contributed by atoms with Crippen molar-refractivity contribution in [3.05, 3.63) is 12.7 Å². The summed E-state index contributed by atoms with van der Waals surface area (Å²) in [6.07, 6.45) is 3.18. The van der Waals surface area contributed by atoms with Crippen LogP contribution in [0.15, 0.2) is 12.7 Å². The van der Waals surface area contributed by atoms with Gasteiger partial charge >= 0.3 is 0 Å². The number of rotatable bonds is 4. The van der Waals surface area contributed by atoms with Crippen molar-refractivity contribution in [2.45, 2.75) is 58.4 Å². The summed E-state index contributed by atoms with van der Waals surface area (Å²) in [6.45, 7) is 17.3. The van der Waals surface area contributed by atoms with Crippen molar-refractivity contribution in [1.29, 1.82) is 0 Å². The van der Waals surface area contributed by atoms with Crippen molar-refractivity contribution in [2.75, 3.05) is 0 Å². The van der Waals surface area contributed by atoms with Crippen LogP contribution in [-0.4, -0.2) is 14.4 Å². The molecule has 0 fully saturated rings. The minimum absolute atomic E-state index is 0.237. The lowest BCUT2D eigenvalue weighted by molar-refractivity contribution is 0.221. The van der Waals surface area contributed by atoms with Crippen molar-refractivity contribution >= 4 is 8.32 Å². The lowest BCUT2D eigenvalue weighted by Crippen LogP contribution is -2.43. The van der Waals surface area contributed by atoms with Crippen LogP contribution in [0.1, 0.15) is 34.1 Å². The van der Waals surface area contributed by atoms with Crippen molar-refractivity contribution < 1.29 is 4.43 Å². The second-order valence-electron chi connectivity index (χ2n) is 5.06. The first-order valence-corrected chi connectivity index (χ1v) is 7.96. The van der Waals surface area contributed by atoms with Crippen LogP contribution in [0.5, 0.6) is 0 Å². The average molecular weight is 200 g/mol. The van der Waals surface area contributed by atoms with Crippen molar-refractivity contribution in [2.24, 2.45) is 0 Å². The molecule has 78 valence electrons. The van der Waals surface area contributed by atoms with Crippen LogP contribution in [0.4, 0.5) is 0 Å². The molecule has 0 spiro atoms. The molecule has 0 aromatic rings. The fourth-order valence-corrected chi connectivity index (χ4v) is 2.23. The first-order chi connectivity index (χ1) is 5.74. The lowest BCUT2D eigenvalue weighted by Gasteiger charge is -2.38. The van der Waals surface area contributed by atoms with Gasteiger partial charge in [-0.1, -0.05) is 33.8 Å². The standard InChI is InChI=1S/C11H24OSi/c1-8-10(9-2)12-13(6,7)11(3,4)5/h8,10H,1,9H2,2-7H3. The van der Waals surface area contributed by atoms with Gasteiger partial charge in [-0.15, -0.1) is 6.58 Å². The van der Waals surface area contributed by atoms with Crippen molar-refractivity contribution in [3.63, 3.8) is 0 Å². The maximum absolute atomic E-state index is 6.12. The Morgan fingerprint density at radius 2 is 1.85 bits per heavy atom. The summed E-state index contributed by atoms with van der Waals surface area (Å²) in [7, 11) is -1.58. The Morgan fingerprint density at radius 1 is 1.38 bits per heavy atom. The highest BCUT2D eigenvalue weighted by Crippen LogP contribution is 2.37. The van der Waals surface area contributed by atoms with Gasteiger partial charge in [0.2, 0.25) is 0 Å².